The average Bonchev–Trinajstić information content (AvgIpc) is 2.67. The summed E-state index contributed by atoms with van der Waals surface area (Å²) in [5.74, 6) is 0.878. The Morgan fingerprint density at radius 1 is 1.32 bits per heavy atom. The van der Waals surface area contributed by atoms with E-state index in [9.17, 15) is 0 Å². The second-order valence-electron chi connectivity index (χ2n) is 5.30. The van der Waals surface area contributed by atoms with Gasteiger partial charge in [0.05, 0.1) is 5.69 Å². The summed E-state index contributed by atoms with van der Waals surface area (Å²) >= 11 is 1.92. The van der Waals surface area contributed by atoms with Gasteiger partial charge in [-0.25, -0.2) is 9.97 Å². The Morgan fingerprint density at radius 3 is 2.89 bits per heavy atom. The van der Waals surface area contributed by atoms with Crippen molar-refractivity contribution in [2.75, 3.05) is 6.54 Å². The zero-order chi connectivity index (χ0) is 13.4. The monoisotopic (exact) mass is 273 g/mol. The topological polar surface area (TPSA) is 29.0 Å². The highest BCUT2D eigenvalue weighted by atomic mass is 32.1. The molecule has 0 N–H and O–H groups in total. The molecule has 4 heteroatoms. The Kier molecular flexibility index (Phi) is 3.37. The van der Waals surface area contributed by atoms with Gasteiger partial charge in [0.1, 0.15) is 5.82 Å². The summed E-state index contributed by atoms with van der Waals surface area (Å²) in [5, 5.41) is 0. The van der Waals surface area contributed by atoms with Gasteiger partial charge < -0.3 is 0 Å². The zero-order valence-electron chi connectivity index (χ0n) is 11.7. The highest BCUT2D eigenvalue weighted by molar-refractivity contribution is 7.12. The molecule has 0 saturated carbocycles. The third-order valence-corrected chi connectivity index (χ3v) is 4.88. The molecule has 0 saturated heterocycles. The molecule has 0 atom stereocenters. The summed E-state index contributed by atoms with van der Waals surface area (Å²) in [6, 6.07) is 2.32. The van der Waals surface area contributed by atoms with Crippen LogP contribution >= 0.6 is 11.3 Å². The Labute approximate surface area is 118 Å². The molecule has 0 aromatic carbocycles. The Morgan fingerprint density at radius 2 is 2.16 bits per heavy atom. The standard InChI is InChI=1S/C15H19N3S/c1-10-6-14(19-11(10)2)8-18-5-4-13-7-16-12(3)17-15(13)9-18/h6-7H,4-5,8-9H2,1-3H3. The van der Waals surface area contributed by atoms with Crippen LogP contribution in [0.1, 0.15) is 32.4 Å². The maximum atomic E-state index is 4.58. The quantitative estimate of drug-likeness (QED) is 0.842. The molecule has 3 rings (SSSR count). The molecule has 3 heterocycles. The second kappa shape index (κ2) is 5.02. The lowest BCUT2D eigenvalue weighted by Crippen LogP contribution is -2.30. The fourth-order valence-corrected chi connectivity index (χ4v) is 3.64. The molecule has 0 amide bonds. The van der Waals surface area contributed by atoms with Crippen molar-refractivity contribution < 1.29 is 0 Å². The molecular weight excluding hydrogens is 254 g/mol. The first-order valence-electron chi connectivity index (χ1n) is 6.71. The van der Waals surface area contributed by atoms with Crippen LogP contribution in [0.3, 0.4) is 0 Å². The van der Waals surface area contributed by atoms with E-state index in [0.29, 0.717) is 0 Å². The van der Waals surface area contributed by atoms with Crippen LogP contribution < -0.4 is 0 Å². The lowest BCUT2D eigenvalue weighted by atomic mass is 10.1. The van der Waals surface area contributed by atoms with E-state index in [1.54, 1.807) is 0 Å². The van der Waals surface area contributed by atoms with E-state index >= 15 is 0 Å². The van der Waals surface area contributed by atoms with Gasteiger partial charge in [0, 0.05) is 35.6 Å². The van der Waals surface area contributed by atoms with Crippen molar-refractivity contribution >= 4 is 11.3 Å². The van der Waals surface area contributed by atoms with Crippen LogP contribution in [-0.2, 0) is 19.5 Å². The van der Waals surface area contributed by atoms with Crippen LogP contribution in [0.4, 0.5) is 0 Å². The van der Waals surface area contributed by atoms with Gasteiger partial charge in [-0.3, -0.25) is 4.90 Å². The first-order chi connectivity index (χ1) is 9.11. The Balaban J connectivity index is 1.75. The van der Waals surface area contributed by atoms with Crippen molar-refractivity contribution in [2.24, 2.45) is 0 Å². The smallest absolute Gasteiger partial charge is 0.125 e. The minimum Gasteiger partial charge on any atom is -0.292 e. The van der Waals surface area contributed by atoms with E-state index in [4.69, 9.17) is 0 Å². The largest absolute Gasteiger partial charge is 0.292 e. The maximum Gasteiger partial charge on any atom is 0.125 e. The van der Waals surface area contributed by atoms with E-state index in [1.165, 1.54) is 26.6 Å². The molecule has 1 aliphatic rings. The third-order valence-electron chi connectivity index (χ3n) is 3.74. The molecule has 0 aliphatic carbocycles. The Bertz CT molecular complexity index is 584. The number of aromatic nitrogens is 2. The molecule has 2 aromatic heterocycles. The van der Waals surface area contributed by atoms with Gasteiger partial charge in [-0.2, -0.15) is 0 Å². The van der Waals surface area contributed by atoms with Gasteiger partial charge >= 0.3 is 0 Å². The van der Waals surface area contributed by atoms with Crippen LogP contribution in [0.2, 0.25) is 0 Å². The zero-order valence-corrected chi connectivity index (χ0v) is 12.5. The van der Waals surface area contributed by atoms with Crippen LogP contribution in [0, 0.1) is 20.8 Å². The lowest BCUT2D eigenvalue weighted by molar-refractivity contribution is 0.243. The van der Waals surface area contributed by atoms with Gasteiger partial charge in [-0.1, -0.05) is 0 Å². The normalized spacial score (nSPS) is 15.5. The third kappa shape index (κ3) is 2.69. The van der Waals surface area contributed by atoms with Crippen molar-refractivity contribution in [1.29, 1.82) is 0 Å². The van der Waals surface area contributed by atoms with E-state index < -0.39 is 0 Å². The number of nitrogens with zero attached hydrogens (tertiary/aromatic N) is 3. The highest BCUT2D eigenvalue weighted by Gasteiger charge is 2.18. The molecule has 19 heavy (non-hydrogen) atoms. The fourth-order valence-electron chi connectivity index (χ4n) is 2.54. The van der Waals surface area contributed by atoms with Crippen LogP contribution in [0.15, 0.2) is 12.3 Å². The number of fused-ring (bicyclic) bond motifs is 1. The SMILES string of the molecule is Cc1ncc2c(n1)CN(Cc1cc(C)c(C)s1)CC2. The van der Waals surface area contributed by atoms with E-state index in [1.807, 2.05) is 24.5 Å². The van der Waals surface area contributed by atoms with Crippen molar-refractivity contribution in [3.05, 3.63) is 44.7 Å². The summed E-state index contributed by atoms with van der Waals surface area (Å²) in [4.78, 5) is 14.3. The van der Waals surface area contributed by atoms with Crippen molar-refractivity contribution in [1.82, 2.24) is 14.9 Å². The molecule has 1 aliphatic heterocycles. The van der Waals surface area contributed by atoms with Gasteiger partial charge in [0.15, 0.2) is 0 Å². The van der Waals surface area contributed by atoms with Gasteiger partial charge in [0.25, 0.3) is 0 Å². The summed E-state index contributed by atoms with van der Waals surface area (Å²) < 4.78 is 0. The summed E-state index contributed by atoms with van der Waals surface area (Å²) in [5.41, 5.74) is 3.94. The van der Waals surface area contributed by atoms with Crippen LogP contribution in [0.25, 0.3) is 0 Å². The predicted octanol–water partition coefficient (Wildman–Crippen LogP) is 3.02. The second-order valence-corrected chi connectivity index (χ2v) is 6.64. The molecule has 2 aromatic rings. The minimum absolute atomic E-state index is 0.878. The molecule has 0 bridgehead atoms. The fraction of sp³-hybridized carbons (Fsp3) is 0.467. The van der Waals surface area contributed by atoms with Crippen molar-refractivity contribution in [3.8, 4) is 0 Å². The maximum absolute atomic E-state index is 4.58. The molecule has 100 valence electrons. The number of aryl methyl sites for hydroxylation is 3. The van der Waals surface area contributed by atoms with E-state index in [-0.39, 0.29) is 0 Å². The van der Waals surface area contributed by atoms with Gasteiger partial charge in [-0.15, -0.1) is 11.3 Å². The molecular formula is C15H19N3S. The number of thiophene rings is 1. The lowest BCUT2D eigenvalue weighted by Gasteiger charge is -2.27. The van der Waals surface area contributed by atoms with Crippen molar-refractivity contribution in [3.63, 3.8) is 0 Å². The molecule has 0 unspecified atom stereocenters. The van der Waals surface area contributed by atoms with E-state index in [0.717, 1.165) is 31.9 Å². The molecule has 0 spiro atoms. The molecule has 0 radical (unpaired) electrons. The van der Waals surface area contributed by atoms with Crippen LogP contribution in [-0.4, -0.2) is 21.4 Å². The highest BCUT2D eigenvalue weighted by Crippen LogP contribution is 2.24. The first kappa shape index (κ1) is 12.8. The number of hydrogen-bond acceptors (Lipinski definition) is 4. The number of hydrogen-bond donors (Lipinski definition) is 0. The average molecular weight is 273 g/mol. The summed E-state index contributed by atoms with van der Waals surface area (Å²) in [7, 11) is 0. The number of rotatable bonds is 2. The Hall–Kier alpha value is -1.26. The molecule has 3 nitrogen and oxygen atoms in total. The van der Waals surface area contributed by atoms with Gasteiger partial charge in [0.2, 0.25) is 0 Å². The predicted molar refractivity (Wildman–Crippen MR) is 78.4 cm³/mol. The van der Waals surface area contributed by atoms with Gasteiger partial charge in [-0.05, 0) is 44.4 Å². The van der Waals surface area contributed by atoms with Crippen LogP contribution in [0.5, 0.6) is 0 Å². The van der Waals surface area contributed by atoms with Crippen molar-refractivity contribution in [2.45, 2.75) is 40.3 Å². The summed E-state index contributed by atoms with van der Waals surface area (Å²) in [6.07, 6.45) is 3.06. The first-order valence-corrected chi connectivity index (χ1v) is 7.53. The minimum atomic E-state index is 0.878. The van der Waals surface area contributed by atoms with E-state index in [2.05, 4.69) is 34.8 Å². The molecule has 0 fully saturated rings. The summed E-state index contributed by atoms with van der Waals surface area (Å²) in [6.45, 7) is 9.46.